The van der Waals surface area contributed by atoms with Crippen LogP contribution in [0.5, 0.6) is 0 Å². The second kappa shape index (κ2) is 13.7. The molecule has 6 nitrogen and oxygen atoms in total. The van der Waals surface area contributed by atoms with Gasteiger partial charge in [0.25, 0.3) is 5.91 Å². The van der Waals surface area contributed by atoms with Crippen molar-refractivity contribution < 1.29 is 18.3 Å². The van der Waals surface area contributed by atoms with E-state index in [0.29, 0.717) is 24.4 Å². The Morgan fingerprint density at radius 2 is 1.51 bits per heavy atom. The van der Waals surface area contributed by atoms with Crippen molar-refractivity contribution in [1.82, 2.24) is 10.0 Å². The van der Waals surface area contributed by atoms with Gasteiger partial charge in [-0.05, 0) is 59.6 Å². The molecule has 37 heavy (non-hydrogen) atoms. The van der Waals surface area contributed by atoms with E-state index in [1.54, 1.807) is 6.07 Å². The SMILES string of the molecule is CC(C)Cc1cc(-c2ccc(C[C@@H](C)NC[C@@H](O)c3ccccc3)cc2)ccc1C(=O)NS(C)(=O)=O.Cl. The molecule has 0 aromatic heterocycles. The van der Waals surface area contributed by atoms with Crippen LogP contribution in [-0.4, -0.2) is 38.3 Å². The van der Waals surface area contributed by atoms with E-state index in [0.717, 1.165) is 34.9 Å². The minimum atomic E-state index is -3.64. The number of nitrogens with one attached hydrogen (secondary N) is 2. The largest absolute Gasteiger partial charge is 0.387 e. The second-order valence-electron chi connectivity index (χ2n) is 9.81. The molecule has 0 heterocycles. The zero-order chi connectivity index (χ0) is 26.3. The molecule has 0 aliphatic rings. The van der Waals surface area contributed by atoms with Crippen LogP contribution in [0.1, 0.15) is 53.9 Å². The number of carbonyl (C=O) groups is 1. The molecule has 0 radical (unpaired) electrons. The first kappa shape index (κ1) is 30.5. The first-order valence-corrected chi connectivity index (χ1v) is 14.1. The average Bonchev–Trinajstić information content (AvgIpc) is 2.82. The number of benzene rings is 3. The number of carbonyl (C=O) groups excluding carboxylic acids is 1. The Labute approximate surface area is 227 Å². The summed E-state index contributed by atoms with van der Waals surface area (Å²) in [7, 11) is -3.64. The molecule has 0 saturated carbocycles. The van der Waals surface area contributed by atoms with Crippen LogP contribution in [0, 0.1) is 5.92 Å². The van der Waals surface area contributed by atoms with Crippen molar-refractivity contribution in [3.63, 3.8) is 0 Å². The first-order chi connectivity index (χ1) is 17.0. The second-order valence-corrected chi connectivity index (χ2v) is 11.6. The molecule has 3 N–H and O–H groups in total. The third kappa shape index (κ3) is 9.59. The van der Waals surface area contributed by atoms with Gasteiger partial charge in [-0.3, -0.25) is 4.79 Å². The van der Waals surface area contributed by atoms with Gasteiger partial charge in [0, 0.05) is 18.2 Å². The lowest BCUT2D eigenvalue weighted by atomic mass is 9.93. The monoisotopic (exact) mass is 544 g/mol. The summed E-state index contributed by atoms with van der Waals surface area (Å²) in [4.78, 5) is 12.5. The Balaban J connectivity index is 0.00000481. The summed E-state index contributed by atoms with van der Waals surface area (Å²) < 4.78 is 25.1. The van der Waals surface area contributed by atoms with Gasteiger partial charge in [-0.15, -0.1) is 12.4 Å². The van der Waals surface area contributed by atoms with E-state index in [1.807, 2.05) is 42.5 Å². The quantitative estimate of drug-likeness (QED) is 0.318. The summed E-state index contributed by atoms with van der Waals surface area (Å²) in [5.41, 5.74) is 5.29. The Hall–Kier alpha value is -2.71. The number of hydrogen-bond donors (Lipinski definition) is 3. The topological polar surface area (TPSA) is 95.5 Å². The van der Waals surface area contributed by atoms with E-state index in [2.05, 4.69) is 55.1 Å². The van der Waals surface area contributed by atoms with Gasteiger partial charge in [0.2, 0.25) is 10.0 Å². The lowest BCUT2D eigenvalue weighted by Crippen LogP contribution is -2.32. The van der Waals surface area contributed by atoms with E-state index < -0.39 is 22.0 Å². The van der Waals surface area contributed by atoms with E-state index in [-0.39, 0.29) is 18.4 Å². The Bertz CT molecular complexity index is 1260. The van der Waals surface area contributed by atoms with Crippen LogP contribution < -0.4 is 10.0 Å². The molecule has 0 bridgehead atoms. The predicted octanol–water partition coefficient (Wildman–Crippen LogP) is 4.92. The van der Waals surface area contributed by atoms with Gasteiger partial charge in [0.05, 0.1) is 12.4 Å². The van der Waals surface area contributed by atoms with Gasteiger partial charge >= 0.3 is 0 Å². The molecule has 200 valence electrons. The van der Waals surface area contributed by atoms with Crippen LogP contribution in [0.2, 0.25) is 0 Å². The number of aliphatic hydroxyl groups is 1. The fourth-order valence-corrected chi connectivity index (χ4v) is 4.64. The fourth-order valence-electron chi connectivity index (χ4n) is 4.19. The smallest absolute Gasteiger partial charge is 0.264 e. The van der Waals surface area contributed by atoms with Crippen LogP contribution in [-0.2, 0) is 22.9 Å². The van der Waals surface area contributed by atoms with Gasteiger partial charge in [-0.1, -0.05) is 80.6 Å². The van der Waals surface area contributed by atoms with Gasteiger partial charge in [-0.2, -0.15) is 0 Å². The van der Waals surface area contributed by atoms with Crippen molar-refractivity contribution in [2.24, 2.45) is 5.92 Å². The van der Waals surface area contributed by atoms with E-state index in [9.17, 15) is 18.3 Å². The molecule has 3 rings (SSSR count). The van der Waals surface area contributed by atoms with Crippen LogP contribution >= 0.6 is 12.4 Å². The zero-order valence-electron chi connectivity index (χ0n) is 21.8. The van der Waals surface area contributed by atoms with Gasteiger partial charge in [0.15, 0.2) is 0 Å². The number of hydrogen-bond acceptors (Lipinski definition) is 5. The maximum Gasteiger partial charge on any atom is 0.264 e. The Morgan fingerprint density at radius 3 is 2.11 bits per heavy atom. The third-order valence-corrected chi connectivity index (χ3v) is 6.49. The van der Waals surface area contributed by atoms with Crippen molar-refractivity contribution in [2.75, 3.05) is 12.8 Å². The molecule has 0 spiro atoms. The number of halogens is 1. The molecule has 0 aliphatic carbocycles. The van der Waals surface area contributed by atoms with Crippen LogP contribution in [0.3, 0.4) is 0 Å². The minimum Gasteiger partial charge on any atom is -0.387 e. The highest BCUT2D eigenvalue weighted by Gasteiger charge is 2.17. The molecule has 3 aromatic rings. The van der Waals surface area contributed by atoms with Crippen LogP contribution in [0.4, 0.5) is 0 Å². The highest BCUT2D eigenvalue weighted by atomic mass is 35.5. The van der Waals surface area contributed by atoms with Gasteiger partial charge in [-0.25, -0.2) is 13.1 Å². The van der Waals surface area contributed by atoms with Crippen molar-refractivity contribution in [3.05, 3.63) is 95.1 Å². The average molecular weight is 545 g/mol. The lowest BCUT2D eigenvalue weighted by Gasteiger charge is -2.18. The number of rotatable bonds is 11. The molecule has 2 atom stereocenters. The van der Waals surface area contributed by atoms with Gasteiger partial charge in [0.1, 0.15) is 0 Å². The van der Waals surface area contributed by atoms with Gasteiger partial charge < -0.3 is 10.4 Å². The summed E-state index contributed by atoms with van der Waals surface area (Å²) >= 11 is 0. The molecule has 3 aromatic carbocycles. The predicted molar refractivity (Wildman–Crippen MR) is 153 cm³/mol. The van der Waals surface area contributed by atoms with Crippen LogP contribution in [0.15, 0.2) is 72.8 Å². The number of aliphatic hydroxyl groups excluding tert-OH is 1. The number of sulfonamides is 1. The van der Waals surface area contributed by atoms with Crippen molar-refractivity contribution in [1.29, 1.82) is 0 Å². The fraction of sp³-hybridized carbons (Fsp3) is 0.345. The summed E-state index contributed by atoms with van der Waals surface area (Å²) in [6.07, 6.45) is 1.92. The summed E-state index contributed by atoms with van der Waals surface area (Å²) in [6, 6.07) is 23.7. The standard InChI is InChI=1S/C29H36N2O4S.ClH/c1-20(2)16-26-18-25(14-15-27(26)29(33)31-36(4,34)35)23-12-10-22(11-13-23)17-21(3)30-19-28(32)24-8-6-5-7-9-24;/h5-15,18,20-21,28,30,32H,16-17,19H2,1-4H3,(H,31,33);1H/t21-,28-;/m1./s1. The molecule has 0 unspecified atom stereocenters. The van der Waals surface area contributed by atoms with Crippen LogP contribution in [0.25, 0.3) is 11.1 Å². The summed E-state index contributed by atoms with van der Waals surface area (Å²) in [6.45, 7) is 6.72. The first-order valence-electron chi connectivity index (χ1n) is 12.2. The molecule has 8 heteroatoms. The molecular weight excluding hydrogens is 508 g/mol. The van der Waals surface area contributed by atoms with E-state index in [4.69, 9.17) is 0 Å². The van der Waals surface area contributed by atoms with Crippen molar-refractivity contribution in [3.8, 4) is 11.1 Å². The molecular formula is C29H37ClN2O4S. The highest BCUT2D eigenvalue weighted by Crippen LogP contribution is 2.25. The van der Waals surface area contributed by atoms with Crippen molar-refractivity contribution >= 4 is 28.3 Å². The Morgan fingerprint density at radius 1 is 0.892 bits per heavy atom. The highest BCUT2D eigenvalue weighted by molar-refractivity contribution is 7.89. The molecule has 0 aliphatic heterocycles. The molecule has 0 saturated heterocycles. The maximum atomic E-state index is 12.5. The van der Waals surface area contributed by atoms with E-state index in [1.165, 1.54) is 5.56 Å². The van der Waals surface area contributed by atoms with Crippen molar-refractivity contribution in [2.45, 2.75) is 45.8 Å². The summed E-state index contributed by atoms with van der Waals surface area (Å²) in [5, 5.41) is 13.8. The lowest BCUT2D eigenvalue weighted by molar-refractivity contribution is 0.0980. The zero-order valence-corrected chi connectivity index (χ0v) is 23.4. The normalized spacial score (nSPS) is 13.0. The molecule has 1 amide bonds. The minimum absolute atomic E-state index is 0. The molecule has 0 fully saturated rings. The maximum absolute atomic E-state index is 12.5. The third-order valence-electron chi connectivity index (χ3n) is 5.93. The summed E-state index contributed by atoms with van der Waals surface area (Å²) in [5.74, 6) is -0.296. The Kier molecular flexibility index (Phi) is 11.3. The van der Waals surface area contributed by atoms with E-state index >= 15 is 0 Å². The number of amides is 1.